The van der Waals surface area contributed by atoms with Crippen LogP contribution in [-0.4, -0.2) is 28.7 Å². The zero-order chi connectivity index (χ0) is 15.5. The average Bonchev–Trinajstić information content (AvgIpc) is 2.41. The van der Waals surface area contributed by atoms with Crippen LogP contribution in [0.5, 0.6) is 0 Å². The van der Waals surface area contributed by atoms with Crippen LogP contribution in [0.15, 0.2) is 0 Å². The molecular weight excluding hydrogens is 268 g/mol. The minimum Gasteiger partial charge on any atom is -0.480 e. The third kappa shape index (κ3) is 4.11. The molecule has 2 amide bonds. The Kier molecular flexibility index (Phi) is 5.12. The number of hydrogen-bond acceptors (Lipinski definition) is 2. The normalized spacial score (nSPS) is 36.8. The number of amides is 2. The maximum atomic E-state index is 12.2. The van der Waals surface area contributed by atoms with Crippen LogP contribution < -0.4 is 10.6 Å². The molecule has 5 nitrogen and oxygen atoms in total. The minimum absolute atomic E-state index is 0.188. The lowest BCUT2D eigenvalue weighted by molar-refractivity contribution is -0.146. The number of nitrogens with one attached hydrogen (secondary N) is 2. The summed E-state index contributed by atoms with van der Waals surface area (Å²) in [4.78, 5) is 23.8. The largest absolute Gasteiger partial charge is 0.480 e. The third-order valence-electron chi connectivity index (χ3n) is 5.11. The van der Waals surface area contributed by atoms with Crippen LogP contribution in [0.4, 0.5) is 4.79 Å². The molecule has 2 atom stereocenters. The quantitative estimate of drug-likeness (QED) is 0.749. The highest BCUT2D eigenvalue weighted by molar-refractivity contribution is 5.86. The molecule has 0 bridgehead atoms. The van der Waals surface area contributed by atoms with Gasteiger partial charge in [-0.2, -0.15) is 0 Å². The zero-order valence-electron chi connectivity index (χ0n) is 13.2. The summed E-state index contributed by atoms with van der Waals surface area (Å²) in [6.07, 6.45) is 7.20. The van der Waals surface area contributed by atoms with E-state index in [0.717, 1.165) is 44.4 Å². The van der Waals surface area contributed by atoms with Gasteiger partial charge < -0.3 is 15.7 Å². The Labute approximate surface area is 126 Å². The van der Waals surface area contributed by atoms with E-state index in [1.165, 1.54) is 0 Å². The van der Waals surface area contributed by atoms with Gasteiger partial charge in [0.1, 0.15) is 5.54 Å². The monoisotopic (exact) mass is 296 g/mol. The van der Waals surface area contributed by atoms with E-state index in [1.54, 1.807) is 0 Å². The summed E-state index contributed by atoms with van der Waals surface area (Å²) >= 11 is 0. The van der Waals surface area contributed by atoms with Crippen LogP contribution in [-0.2, 0) is 4.79 Å². The highest BCUT2D eigenvalue weighted by atomic mass is 16.4. The topological polar surface area (TPSA) is 78.4 Å². The number of urea groups is 1. The Morgan fingerprint density at radius 3 is 2.29 bits per heavy atom. The molecule has 2 unspecified atom stereocenters. The predicted octanol–water partition coefficient (Wildman–Crippen LogP) is 2.90. The first-order valence-corrected chi connectivity index (χ1v) is 8.23. The van der Waals surface area contributed by atoms with Crippen molar-refractivity contribution in [1.82, 2.24) is 10.6 Å². The van der Waals surface area contributed by atoms with Crippen molar-refractivity contribution in [3.8, 4) is 0 Å². The molecule has 0 spiro atoms. The van der Waals surface area contributed by atoms with Gasteiger partial charge in [-0.05, 0) is 50.4 Å². The van der Waals surface area contributed by atoms with Crippen molar-refractivity contribution in [2.45, 2.75) is 76.8 Å². The summed E-state index contributed by atoms with van der Waals surface area (Å²) < 4.78 is 0. The summed E-state index contributed by atoms with van der Waals surface area (Å²) in [7, 11) is 0. The SMILES string of the molecule is CC1CCC(NC(=O)NC2(C(=O)O)CCCC(C)C2)CC1. The van der Waals surface area contributed by atoms with Crippen LogP contribution in [0, 0.1) is 11.8 Å². The molecule has 0 aromatic carbocycles. The first kappa shape index (κ1) is 16.1. The van der Waals surface area contributed by atoms with Gasteiger partial charge in [0.05, 0.1) is 0 Å². The van der Waals surface area contributed by atoms with Crippen LogP contribution >= 0.6 is 0 Å². The van der Waals surface area contributed by atoms with Crippen molar-refractivity contribution >= 4 is 12.0 Å². The second-order valence-electron chi connectivity index (χ2n) is 7.14. The molecule has 0 aromatic rings. The van der Waals surface area contributed by atoms with E-state index in [0.29, 0.717) is 18.8 Å². The Balaban J connectivity index is 1.91. The van der Waals surface area contributed by atoms with Crippen LogP contribution in [0.2, 0.25) is 0 Å². The molecule has 0 aromatic heterocycles. The standard InChI is InChI=1S/C16H28N2O3/c1-11-5-7-13(8-6-11)17-15(21)18-16(14(19)20)9-3-4-12(2)10-16/h11-13H,3-10H2,1-2H3,(H,19,20)(H2,17,18,21). The molecular formula is C16H28N2O3. The van der Waals surface area contributed by atoms with Crippen molar-refractivity contribution < 1.29 is 14.7 Å². The molecule has 5 heteroatoms. The van der Waals surface area contributed by atoms with Crippen LogP contribution in [0.25, 0.3) is 0 Å². The Morgan fingerprint density at radius 1 is 1.05 bits per heavy atom. The molecule has 0 aliphatic heterocycles. The van der Waals surface area contributed by atoms with Gasteiger partial charge in [-0.15, -0.1) is 0 Å². The fraction of sp³-hybridized carbons (Fsp3) is 0.875. The van der Waals surface area contributed by atoms with E-state index in [2.05, 4.69) is 24.5 Å². The lowest BCUT2D eigenvalue weighted by atomic mass is 9.76. The van der Waals surface area contributed by atoms with Gasteiger partial charge in [0, 0.05) is 6.04 Å². The molecule has 0 radical (unpaired) electrons. The van der Waals surface area contributed by atoms with Gasteiger partial charge in [0.2, 0.25) is 0 Å². The van der Waals surface area contributed by atoms with Gasteiger partial charge in [-0.1, -0.05) is 26.7 Å². The second-order valence-corrected chi connectivity index (χ2v) is 7.14. The van der Waals surface area contributed by atoms with E-state index in [9.17, 15) is 14.7 Å². The van der Waals surface area contributed by atoms with Gasteiger partial charge in [-0.3, -0.25) is 0 Å². The van der Waals surface area contributed by atoms with Crippen LogP contribution in [0.3, 0.4) is 0 Å². The van der Waals surface area contributed by atoms with E-state index >= 15 is 0 Å². The van der Waals surface area contributed by atoms with E-state index in [-0.39, 0.29) is 12.1 Å². The number of hydrogen-bond donors (Lipinski definition) is 3. The van der Waals surface area contributed by atoms with E-state index < -0.39 is 11.5 Å². The fourth-order valence-corrected chi connectivity index (χ4v) is 3.76. The second kappa shape index (κ2) is 6.67. The summed E-state index contributed by atoms with van der Waals surface area (Å²) in [5.41, 5.74) is -1.08. The first-order chi connectivity index (χ1) is 9.91. The Bertz CT molecular complexity index is 391. The summed E-state index contributed by atoms with van der Waals surface area (Å²) in [6.45, 7) is 4.29. The van der Waals surface area contributed by atoms with E-state index in [1.807, 2.05) is 0 Å². The number of rotatable bonds is 3. The summed E-state index contributed by atoms with van der Waals surface area (Å²) in [6, 6.07) is -0.126. The molecule has 2 rings (SSSR count). The number of carboxylic acid groups (broad SMARTS) is 1. The Morgan fingerprint density at radius 2 is 1.71 bits per heavy atom. The molecule has 2 aliphatic rings. The summed E-state index contributed by atoms with van der Waals surface area (Å²) in [5, 5.41) is 15.3. The molecule has 3 N–H and O–H groups in total. The number of carbonyl (C=O) groups is 2. The van der Waals surface area contributed by atoms with Gasteiger partial charge in [0.25, 0.3) is 0 Å². The van der Waals surface area contributed by atoms with Crippen molar-refractivity contribution in [3.05, 3.63) is 0 Å². The summed E-state index contributed by atoms with van der Waals surface area (Å²) in [5.74, 6) is 0.169. The molecule has 2 aliphatic carbocycles. The molecule has 120 valence electrons. The van der Waals surface area contributed by atoms with Crippen molar-refractivity contribution in [1.29, 1.82) is 0 Å². The first-order valence-electron chi connectivity index (χ1n) is 8.23. The molecule has 21 heavy (non-hydrogen) atoms. The van der Waals surface area contributed by atoms with Gasteiger partial charge in [0.15, 0.2) is 0 Å². The molecule has 0 heterocycles. The van der Waals surface area contributed by atoms with E-state index in [4.69, 9.17) is 0 Å². The van der Waals surface area contributed by atoms with Crippen molar-refractivity contribution in [2.24, 2.45) is 11.8 Å². The van der Waals surface area contributed by atoms with Gasteiger partial charge >= 0.3 is 12.0 Å². The number of carboxylic acids is 1. The Hall–Kier alpha value is -1.26. The highest BCUT2D eigenvalue weighted by Gasteiger charge is 2.43. The maximum absolute atomic E-state index is 12.2. The van der Waals surface area contributed by atoms with Crippen molar-refractivity contribution in [2.75, 3.05) is 0 Å². The fourth-order valence-electron chi connectivity index (χ4n) is 3.76. The minimum atomic E-state index is -1.08. The number of aliphatic carboxylic acids is 1. The molecule has 2 fully saturated rings. The predicted molar refractivity (Wildman–Crippen MR) is 81.1 cm³/mol. The molecule has 0 saturated heterocycles. The molecule has 2 saturated carbocycles. The lowest BCUT2D eigenvalue weighted by Gasteiger charge is -2.37. The highest BCUT2D eigenvalue weighted by Crippen LogP contribution is 2.32. The lowest BCUT2D eigenvalue weighted by Crippen LogP contribution is -2.60. The maximum Gasteiger partial charge on any atom is 0.329 e. The third-order valence-corrected chi connectivity index (χ3v) is 5.11. The zero-order valence-corrected chi connectivity index (χ0v) is 13.2. The van der Waals surface area contributed by atoms with Gasteiger partial charge in [-0.25, -0.2) is 9.59 Å². The van der Waals surface area contributed by atoms with Crippen molar-refractivity contribution in [3.63, 3.8) is 0 Å². The number of carbonyl (C=O) groups excluding carboxylic acids is 1. The average molecular weight is 296 g/mol. The van der Waals surface area contributed by atoms with Crippen LogP contribution in [0.1, 0.15) is 65.2 Å². The smallest absolute Gasteiger partial charge is 0.329 e.